The number of anilines is 1. The van der Waals surface area contributed by atoms with Gasteiger partial charge in [0.15, 0.2) is 0 Å². The number of aliphatic hydroxyl groups is 1. The Balaban J connectivity index is 1.34. The van der Waals surface area contributed by atoms with Gasteiger partial charge >= 0.3 is 214 Å². The van der Waals surface area contributed by atoms with Gasteiger partial charge in [0, 0.05) is 0 Å². The Morgan fingerprint density at radius 3 is 2.56 bits per heavy atom. The molecule has 1 aromatic heterocycles. The topological polar surface area (TPSA) is 141 Å². The van der Waals surface area contributed by atoms with Crippen LogP contribution in [0.5, 0.6) is 5.75 Å². The number of rotatable bonds is 9. The molecule has 2 fully saturated rings. The van der Waals surface area contributed by atoms with Crippen LogP contribution >= 0.6 is 18.6 Å². The molecule has 0 unspecified atom stereocenters. The van der Waals surface area contributed by atoms with Crippen LogP contribution in [0.15, 0.2) is 77.7 Å². The number of para-hydroxylation sites is 1. The van der Waals surface area contributed by atoms with Gasteiger partial charge in [-0.1, -0.05) is 18.2 Å². The molecule has 2 amide bonds. The third-order valence-corrected chi connectivity index (χ3v) is 8.38. The van der Waals surface area contributed by atoms with Gasteiger partial charge in [-0.15, -0.1) is 0 Å². The van der Waals surface area contributed by atoms with Crippen molar-refractivity contribution in [3.05, 3.63) is 89.0 Å². The van der Waals surface area contributed by atoms with E-state index in [2.05, 4.69) is 28.9 Å². The number of aromatic nitrogens is 2. The summed E-state index contributed by atoms with van der Waals surface area (Å²) in [6.45, 7) is -0.436. The van der Waals surface area contributed by atoms with Gasteiger partial charge in [0.2, 0.25) is 0 Å². The van der Waals surface area contributed by atoms with E-state index < -0.39 is 59.2 Å². The molecule has 2 aromatic carbocycles. The zero-order valence-electron chi connectivity index (χ0n) is 20.2. The molecule has 3 heterocycles. The van der Waals surface area contributed by atoms with Crippen molar-refractivity contribution in [3.8, 4) is 5.75 Å². The van der Waals surface area contributed by atoms with E-state index in [1.54, 1.807) is 54.6 Å². The van der Waals surface area contributed by atoms with Crippen LogP contribution in [0.1, 0.15) is 16.6 Å². The van der Waals surface area contributed by atoms with Crippen molar-refractivity contribution < 1.29 is 49.7 Å². The third kappa shape index (κ3) is 6.09. The zero-order valence-corrected chi connectivity index (χ0v) is 24.5. The Morgan fingerprint density at radius 2 is 1.87 bits per heavy atom. The van der Waals surface area contributed by atoms with Gasteiger partial charge in [-0.3, -0.25) is 0 Å². The second kappa shape index (κ2) is 12.3. The molecule has 2 aliphatic rings. The van der Waals surface area contributed by atoms with Crippen molar-refractivity contribution in [2.24, 2.45) is 0 Å². The van der Waals surface area contributed by atoms with Crippen molar-refractivity contribution in [3.63, 3.8) is 0 Å². The van der Waals surface area contributed by atoms with Crippen molar-refractivity contribution in [2.45, 2.75) is 24.0 Å². The molecule has 2 aliphatic heterocycles. The number of hydrogen-bond acceptors (Lipinski definition) is 9. The van der Waals surface area contributed by atoms with E-state index in [1.807, 2.05) is 6.07 Å². The van der Waals surface area contributed by atoms with Gasteiger partial charge < -0.3 is 0 Å². The Kier molecular flexibility index (Phi) is 8.77. The summed E-state index contributed by atoms with van der Waals surface area (Å²) in [5.41, 5.74) is -1.66. The monoisotopic (exact) mass is 761 g/mol. The molecule has 2 saturated heterocycles. The maximum absolute atomic E-state index is 13.0. The minimum atomic E-state index is -1.33. The van der Waals surface area contributed by atoms with E-state index in [4.69, 9.17) is 17.4 Å². The summed E-state index contributed by atoms with van der Waals surface area (Å²) in [7, 11) is 0. The fraction of sp³-hybridized carbons (Fsp3) is 0.280. The Morgan fingerprint density at radius 1 is 1.15 bits per heavy atom. The van der Waals surface area contributed by atoms with Gasteiger partial charge in [-0.2, -0.15) is 0 Å². The van der Waals surface area contributed by atoms with Crippen LogP contribution in [-0.2, 0) is 17.4 Å². The molecule has 0 saturated carbocycles. The first kappa shape index (κ1) is 27.9. The van der Waals surface area contributed by atoms with Crippen LogP contribution in [0.4, 0.5) is 5.82 Å². The molecular formula is C25H23I2N4O8-. The normalized spacial score (nSPS) is 23.9. The number of carbonyl (C=O) groups is 2. The fourth-order valence-corrected chi connectivity index (χ4v) is 5.76. The van der Waals surface area contributed by atoms with Gasteiger partial charge in [0.05, 0.1) is 0 Å². The van der Waals surface area contributed by atoms with Crippen LogP contribution in [0, 0.1) is 0 Å². The van der Waals surface area contributed by atoms with Crippen molar-refractivity contribution in [2.75, 3.05) is 25.1 Å². The summed E-state index contributed by atoms with van der Waals surface area (Å²) in [5, 5.41) is 14.8. The van der Waals surface area contributed by atoms with Gasteiger partial charge in [-0.05, 0) is 12.1 Å². The summed E-state index contributed by atoms with van der Waals surface area (Å²) < 4.78 is 18.6. The van der Waals surface area contributed by atoms with Gasteiger partial charge in [-0.25, -0.2) is 0 Å². The van der Waals surface area contributed by atoms with E-state index in [0.717, 1.165) is 9.63 Å². The first-order valence-electron chi connectivity index (χ1n) is 11.7. The number of carbonyl (C=O) groups excluding carboxylic acids is 2. The minimum Gasteiger partial charge on any atom is -0.0622 e. The third-order valence-electron chi connectivity index (χ3n) is 6.25. The fourth-order valence-electron chi connectivity index (χ4n) is 4.33. The van der Waals surface area contributed by atoms with E-state index in [0.29, 0.717) is 11.3 Å². The number of nitrogens with zero attached hydrogens (tertiary/aromatic N) is 3. The molecule has 2 bridgehead atoms. The quantitative estimate of drug-likeness (QED) is 0.255. The van der Waals surface area contributed by atoms with E-state index in [-0.39, 0.29) is 25.6 Å². The molecule has 0 radical (unpaired) electrons. The maximum atomic E-state index is 13.0. The van der Waals surface area contributed by atoms with E-state index in [9.17, 15) is 19.5 Å². The average Bonchev–Trinajstić information content (AvgIpc) is 3.10. The Hall–Kier alpha value is -2.64. The smallest absolute Gasteiger partial charge is 0.0622 e. The molecule has 206 valence electrons. The molecule has 0 spiro atoms. The number of benzene rings is 2. The SMILES string of the molecule is O=C(Nc1ccn([C@@H]2O[C@@]3(CO[I-]I)CN(C(=O)COc4ccccc4)O[C@@H]2[C@@H]3O)c(=O)n1)c1ccccc1. The number of hydroxylamine groups is 2. The number of fused-ring (bicyclic) bond motifs is 2. The predicted molar refractivity (Wildman–Crippen MR) is 140 cm³/mol. The molecule has 14 heteroatoms. The van der Waals surface area contributed by atoms with Crippen LogP contribution < -0.4 is 33.4 Å². The van der Waals surface area contributed by atoms with E-state index in [1.165, 1.54) is 12.3 Å². The summed E-state index contributed by atoms with van der Waals surface area (Å²) in [4.78, 5) is 48.2. The molecule has 5 rings (SSSR count). The molecular weight excluding hydrogens is 738 g/mol. The van der Waals surface area contributed by atoms with Crippen molar-refractivity contribution in [1.29, 1.82) is 0 Å². The minimum absolute atomic E-state index is 0.00252. The molecule has 0 aliphatic carbocycles. The van der Waals surface area contributed by atoms with Crippen LogP contribution in [-0.4, -0.2) is 69.1 Å². The van der Waals surface area contributed by atoms with Crippen LogP contribution in [0.2, 0.25) is 0 Å². The number of aliphatic hydroxyl groups excluding tert-OH is 1. The van der Waals surface area contributed by atoms with Crippen LogP contribution in [0.3, 0.4) is 0 Å². The number of hydrogen-bond donors (Lipinski definition) is 2. The molecule has 4 atom stereocenters. The summed E-state index contributed by atoms with van der Waals surface area (Å²) in [5.74, 6) is -0.338. The van der Waals surface area contributed by atoms with Crippen molar-refractivity contribution >= 4 is 36.2 Å². The van der Waals surface area contributed by atoms with Crippen LogP contribution in [0.25, 0.3) is 0 Å². The molecule has 3 aromatic rings. The van der Waals surface area contributed by atoms with Gasteiger partial charge in [0.25, 0.3) is 0 Å². The first-order valence-corrected chi connectivity index (χ1v) is 18.9. The summed E-state index contributed by atoms with van der Waals surface area (Å²) in [6.07, 6.45) is -2.03. The molecule has 39 heavy (non-hydrogen) atoms. The second-order valence-corrected chi connectivity index (χ2v) is 11.9. The van der Waals surface area contributed by atoms with E-state index >= 15 is 0 Å². The van der Waals surface area contributed by atoms with Gasteiger partial charge in [0.1, 0.15) is 0 Å². The Bertz CT molecular complexity index is 1380. The number of halogens is 2. The standard InChI is InChI=1S/C25H23I2N4O8/c26-27-37-15-25-14-31(19(32)13-36-17-9-5-2-6-10-17)39-20(21(25)33)23(38-25)30-12-11-18(29-24(30)35)28-22(34)16-7-3-1-4-8-16/h1-12,20-21,23,33H,13-15H2,(H,28,29,34,35)/q-1/t20-,21+,23-,25-/m1/s1. The molecule has 12 nitrogen and oxygen atoms in total. The number of amides is 2. The Labute approximate surface area is 243 Å². The number of nitrogens with one attached hydrogen (secondary N) is 1. The average molecular weight is 761 g/mol. The molecule has 2 N–H and O–H groups in total. The second-order valence-electron chi connectivity index (χ2n) is 8.75. The summed E-state index contributed by atoms with van der Waals surface area (Å²) in [6, 6.07) is 18.8. The number of ether oxygens (including phenoxy) is 2. The zero-order chi connectivity index (χ0) is 27.4. The predicted octanol–water partition coefficient (Wildman–Crippen LogP) is -1.28. The summed E-state index contributed by atoms with van der Waals surface area (Å²) >= 11 is 1.48. The van der Waals surface area contributed by atoms with Crippen molar-refractivity contribution in [1.82, 2.24) is 14.6 Å². The first-order chi connectivity index (χ1) is 18.9.